The molecule has 1 rings (SSSR count). The molecule has 0 amide bonds. The lowest BCUT2D eigenvalue weighted by Crippen LogP contribution is -2.10. The van der Waals surface area contributed by atoms with Crippen LogP contribution >= 0.6 is 23.2 Å². The summed E-state index contributed by atoms with van der Waals surface area (Å²) in [5.41, 5.74) is -0.812. The number of aromatic nitrogens is 1. The molecule has 0 saturated heterocycles. The predicted octanol–water partition coefficient (Wildman–Crippen LogP) is 3.59. The largest absolute Gasteiger partial charge is 0.461 e. The zero-order chi connectivity index (χ0) is 13.0. The van der Waals surface area contributed by atoms with Crippen LogP contribution in [0, 0.1) is 0 Å². The first-order valence-corrected chi connectivity index (χ1v) is 5.63. The summed E-state index contributed by atoms with van der Waals surface area (Å²) in [7, 11) is 0. The molecule has 0 spiro atoms. The topological polar surface area (TPSA) is 39.2 Å². The number of carbonyl (C=O) groups excluding carboxylic acids is 1. The Morgan fingerprint density at radius 1 is 1.59 bits per heavy atom. The van der Waals surface area contributed by atoms with Gasteiger partial charge in [0.2, 0.25) is 0 Å². The summed E-state index contributed by atoms with van der Waals surface area (Å²) in [6, 6.07) is 1.17. The van der Waals surface area contributed by atoms with Crippen molar-refractivity contribution in [3.05, 3.63) is 28.0 Å². The number of ether oxygens (including phenoxy) is 1. The van der Waals surface area contributed by atoms with Gasteiger partial charge in [0.25, 0.3) is 6.43 Å². The molecule has 0 unspecified atom stereocenters. The Labute approximate surface area is 107 Å². The number of halogens is 4. The Bertz CT molecular complexity index is 427. The maximum Gasteiger partial charge on any atom is 0.356 e. The number of alkyl halides is 3. The van der Waals surface area contributed by atoms with Crippen molar-refractivity contribution in [1.82, 2.24) is 4.98 Å². The summed E-state index contributed by atoms with van der Waals surface area (Å²) in [6.07, 6.45) is -2.85. The molecule has 0 radical (unpaired) electrons. The molecule has 0 N–H and O–H groups in total. The molecule has 0 aliphatic heterocycles. The van der Waals surface area contributed by atoms with Gasteiger partial charge in [0.15, 0.2) is 0 Å². The van der Waals surface area contributed by atoms with Gasteiger partial charge in [0.05, 0.1) is 12.5 Å². The van der Waals surface area contributed by atoms with E-state index in [1.54, 1.807) is 6.92 Å². The van der Waals surface area contributed by atoms with Gasteiger partial charge in [-0.25, -0.2) is 18.6 Å². The zero-order valence-electron chi connectivity index (χ0n) is 8.84. The maximum atomic E-state index is 12.7. The standard InChI is InChI=1S/C10H9Cl2F2NO2/c1-2-17-10(16)7-3-6(12)5(4-11)8(15-7)9(13)14/h3,9H,2,4H2,1H3. The van der Waals surface area contributed by atoms with E-state index in [0.717, 1.165) is 0 Å². The highest BCUT2D eigenvalue weighted by Gasteiger charge is 2.21. The van der Waals surface area contributed by atoms with E-state index in [-0.39, 0.29) is 28.8 Å². The van der Waals surface area contributed by atoms with E-state index in [1.807, 2.05) is 0 Å². The van der Waals surface area contributed by atoms with E-state index >= 15 is 0 Å². The Morgan fingerprint density at radius 2 is 2.24 bits per heavy atom. The summed E-state index contributed by atoms with van der Waals surface area (Å²) in [5, 5.41) is -0.0200. The van der Waals surface area contributed by atoms with E-state index in [2.05, 4.69) is 9.72 Å². The fourth-order valence-electron chi connectivity index (χ4n) is 1.18. The van der Waals surface area contributed by atoms with Gasteiger partial charge in [-0.3, -0.25) is 0 Å². The van der Waals surface area contributed by atoms with Crippen LogP contribution in [-0.4, -0.2) is 17.6 Å². The number of carbonyl (C=O) groups is 1. The minimum absolute atomic E-state index is 0.0200. The van der Waals surface area contributed by atoms with E-state index < -0.39 is 18.1 Å². The third-order valence-electron chi connectivity index (χ3n) is 1.93. The smallest absolute Gasteiger partial charge is 0.356 e. The molecular formula is C10H9Cl2F2NO2. The van der Waals surface area contributed by atoms with Crippen LogP contribution in [0.15, 0.2) is 6.07 Å². The van der Waals surface area contributed by atoms with Gasteiger partial charge in [-0.1, -0.05) is 11.6 Å². The lowest BCUT2D eigenvalue weighted by Gasteiger charge is -2.09. The fraction of sp³-hybridized carbons (Fsp3) is 0.400. The van der Waals surface area contributed by atoms with E-state index in [0.29, 0.717) is 0 Å². The van der Waals surface area contributed by atoms with Gasteiger partial charge in [-0.15, -0.1) is 11.6 Å². The highest BCUT2D eigenvalue weighted by molar-refractivity contribution is 6.32. The fourth-order valence-corrected chi connectivity index (χ4v) is 1.80. The highest BCUT2D eigenvalue weighted by atomic mass is 35.5. The second-order valence-corrected chi connectivity index (χ2v) is 3.68. The van der Waals surface area contributed by atoms with Gasteiger partial charge >= 0.3 is 5.97 Å². The number of pyridine rings is 1. The molecule has 17 heavy (non-hydrogen) atoms. The molecule has 1 heterocycles. The van der Waals surface area contributed by atoms with Crippen molar-refractivity contribution in [1.29, 1.82) is 0 Å². The molecule has 0 aliphatic rings. The molecule has 94 valence electrons. The number of rotatable bonds is 4. The second-order valence-electron chi connectivity index (χ2n) is 3.01. The number of hydrogen-bond donors (Lipinski definition) is 0. The SMILES string of the molecule is CCOC(=O)c1cc(Cl)c(CCl)c(C(F)F)n1. The van der Waals surface area contributed by atoms with Gasteiger partial charge in [0, 0.05) is 10.6 Å². The average Bonchev–Trinajstić information content (AvgIpc) is 2.28. The number of esters is 1. The monoisotopic (exact) mass is 283 g/mol. The van der Waals surface area contributed by atoms with Crippen LogP contribution in [0.4, 0.5) is 8.78 Å². The van der Waals surface area contributed by atoms with Crippen LogP contribution in [0.25, 0.3) is 0 Å². The highest BCUT2D eigenvalue weighted by Crippen LogP contribution is 2.29. The van der Waals surface area contributed by atoms with E-state index in [1.165, 1.54) is 6.07 Å². The van der Waals surface area contributed by atoms with Crippen LogP contribution in [0.5, 0.6) is 0 Å². The zero-order valence-corrected chi connectivity index (χ0v) is 10.4. The van der Waals surface area contributed by atoms with Crippen molar-refractivity contribution < 1.29 is 18.3 Å². The van der Waals surface area contributed by atoms with E-state index in [9.17, 15) is 13.6 Å². The van der Waals surface area contributed by atoms with Crippen molar-refractivity contribution in [3.8, 4) is 0 Å². The minimum Gasteiger partial charge on any atom is -0.461 e. The van der Waals surface area contributed by atoms with Crippen LogP contribution < -0.4 is 0 Å². The number of hydrogen-bond acceptors (Lipinski definition) is 3. The maximum absolute atomic E-state index is 12.7. The first-order valence-electron chi connectivity index (χ1n) is 4.71. The molecule has 0 atom stereocenters. The van der Waals surface area contributed by atoms with Gasteiger partial charge < -0.3 is 4.74 Å². The molecule has 1 aromatic heterocycles. The van der Waals surface area contributed by atoms with Crippen molar-refractivity contribution in [3.63, 3.8) is 0 Å². The summed E-state index contributed by atoms with van der Waals surface area (Å²) in [6.45, 7) is 1.72. The molecule has 3 nitrogen and oxygen atoms in total. The van der Waals surface area contributed by atoms with Crippen LogP contribution in [0.2, 0.25) is 5.02 Å². The Morgan fingerprint density at radius 3 is 2.71 bits per heavy atom. The molecule has 0 aromatic carbocycles. The van der Waals surface area contributed by atoms with Crippen LogP contribution in [0.3, 0.4) is 0 Å². The molecule has 0 bridgehead atoms. The lowest BCUT2D eigenvalue weighted by atomic mass is 10.2. The minimum atomic E-state index is -2.85. The summed E-state index contributed by atoms with van der Waals surface area (Å²) < 4.78 is 30.0. The first-order chi connectivity index (χ1) is 8.01. The molecule has 1 aromatic rings. The average molecular weight is 284 g/mol. The molecule has 7 heteroatoms. The molecular weight excluding hydrogens is 275 g/mol. The van der Waals surface area contributed by atoms with Crippen molar-refractivity contribution in [2.45, 2.75) is 19.2 Å². The van der Waals surface area contributed by atoms with E-state index in [4.69, 9.17) is 23.2 Å². The Hall–Kier alpha value is -0.940. The molecule has 0 fully saturated rings. The molecule has 0 aliphatic carbocycles. The molecule has 0 saturated carbocycles. The Balaban J connectivity index is 3.24. The third kappa shape index (κ3) is 3.26. The summed E-state index contributed by atoms with van der Waals surface area (Å²) in [5.74, 6) is -0.994. The normalized spacial score (nSPS) is 10.7. The van der Waals surface area contributed by atoms with Gasteiger partial charge in [-0.05, 0) is 13.0 Å². The Kier molecular flexibility index (Phi) is 5.08. The predicted molar refractivity (Wildman–Crippen MR) is 59.7 cm³/mol. The van der Waals surface area contributed by atoms with Gasteiger partial charge in [-0.2, -0.15) is 0 Å². The van der Waals surface area contributed by atoms with Crippen LogP contribution in [-0.2, 0) is 10.6 Å². The van der Waals surface area contributed by atoms with Crippen molar-refractivity contribution in [2.75, 3.05) is 6.61 Å². The van der Waals surface area contributed by atoms with Gasteiger partial charge in [0.1, 0.15) is 11.4 Å². The quantitative estimate of drug-likeness (QED) is 0.626. The lowest BCUT2D eigenvalue weighted by molar-refractivity contribution is 0.0518. The number of nitrogens with zero attached hydrogens (tertiary/aromatic N) is 1. The van der Waals surface area contributed by atoms with Crippen LogP contribution in [0.1, 0.15) is 35.1 Å². The summed E-state index contributed by atoms with van der Waals surface area (Å²) >= 11 is 11.3. The first kappa shape index (κ1) is 14.1. The third-order valence-corrected chi connectivity index (χ3v) is 2.53. The summed E-state index contributed by atoms with van der Waals surface area (Å²) in [4.78, 5) is 14.9. The van der Waals surface area contributed by atoms with Crippen molar-refractivity contribution in [2.24, 2.45) is 0 Å². The van der Waals surface area contributed by atoms with Crippen molar-refractivity contribution >= 4 is 29.2 Å². The second kappa shape index (κ2) is 6.12.